The zero-order valence-electron chi connectivity index (χ0n) is 21.7. The number of fused-ring (bicyclic) bond motifs is 3. The second-order valence-electron chi connectivity index (χ2n) is 10.1. The predicted octanol–water partition coefficient (Wildman–Crippen LogP) is 4.43. The highest BCUT2D eigenvalue weighted by Gasteiger charge is 2.55. The molecule has 3 fully saturated rings. The van der Waals surface area contributed by atoms with Gasteiger partial charge in [-0.3, -0.25) is 14.9 Å². The number of rotatable bonds is 12. The van der Waals surface area contributed by atoms with Crippen molar-refractivity contribution < 1.29 is 33.3 Å². The standard InChI is InChI=1S/C28H33Cl2FN2O6/c1-2-37-26(36)23(9-14-38-19-5-3-18(29)4-6-19)32-27-10-12-28(13-11-27,24(34)16-27)33-25(35)17-39-20-7-8-21(30)22(31)15-20/h3-8,15,23-24,32,34H,2,9-14,16-17H2,1H3,(H,33,35)/t23?,24-,27?,28?/m1/s1. The van der Waals surface area contributed by atoms with Gasteiger partial charge in [0.1, 0.15) is 23.4 Å². The minimum atomic E-state index is -0.822. The van der Waals surface area contributed by atoms with Crippen LogP contribution >= 0.6 is 23.2 Å². The number of nitrogens with one attached hydrogen (secondary N) is 2. The average Bonchev–Trinajstić information content (AvgIpc) is 2.91. The molecule has 0 spiro atoms. The molecular weight excluding hydrogens is 550 g/mol. The number of aliphatic hydroxyl groups excluding tert-OH is 1. The molecule has 0 aliphatic heterocycles. The highest BCUT2D eigenvalue weighted by molar-refractivity contribution is 6.31. The lowest BCUT2D eigenvalue weighted by atomic mass is 9.59. The highest BCUT2D eigenvalue weighted by atomic mass is 35.5. The molecule has 3 aliphatic rings. The first-order valence-electron chi connectivity index (χ1n) is 13.0. The van der Waals surface area contributed by atoms with E-state index < -0.39 is 34.9 Å². The summed E-state index contributed by atoms with van der Waals surface area (Å²) < 4.78 is 30.1. The maximum absolute atomic E-state index is 13.6. The van der Waals surface area contributed by atoms with Crippen LogP contribution in [0.1, 0.15) is 45.4 Å². The molecule has 0 heterocycles. The van der Waals surface area contributed by atoms with Crippen LogP contribution in [-0.4, -0.2) is 60.0 Å². The van der Waals surface area contributed by atoms with Gasteiger partial charge in [-0.2, -0.15) is 0 Å². The van der Waals surface area contributed by atoms with Crippen molar-refractivity contribution in [3.05, 3.63) is 58.3 Å². The van der Waals surface area contributed by atoms with E-state index in [9.17, 15) is 19.1 Å². The van der Waals surface area contributed by atoms with Crippen LogP contribution in [0.15, 0.2) is 42.5 Å². The summed E-state index contributed by atoms with van der Waals surface area (Å²) in [5.41, 5.74) is -1.26. The number of benzene rings is 2. The van der Waals surface area contributed by atoms with Crippen LogP contribution in [0.25, 0.3) is 0 Å². The molecule has 8 nitrogen and oxygen atoms in total. The molecule has 0 aromatic heterocycles. The van der Waals surface area contributed by atoms with Gasteiger partial charge in [0.2, 0.25) is 0 Å². The van der Waals surface area contributed by atoms with Crippen LogP contribution in [-0.2, 0) is 14.3 Å². The molecule has 2 aromatic carbocycles. The van der Waals surface area contributed by atoms with Gasteiger partial charge in [0, 0.05) is 23.0 Å². The van der Waals surface area contributed by atoms with Gasteiger partial charge in [-0.05, 0) is 75.4 Å². The van der Waals surface area contributed by atoms with Gasteiger partial charge in [-0.15, -0.1) is 0 Å². The first-order chi connectivity index (χ1) is 18.6. The Morgan fingerprint density at radius 1 is 1.08 bits per heavy atom. The second kappa shape index (κ2) is 12.7. The zero-order valence-corrected chi connectivity index (χ0v) is 23.2. The number of aliphatic hydroxyl groups is 1. The van der Waals surface area contributed by atoms with Crippen LogP contribution in [0.2, 0.25) is 10.0 Å². The van der Waals surface area contributed by atoms with Gasteiger partial charge in [0.25, 0.3) is 5.91 Å². The quantitative estimate of drug-likeness (QED) is 0.318. The fourth-order valence-corrected chi connectivity index (χ4v) is 5.65. The third kappa shape index (κ3) is 7.33. The van der Waals surface area contributed by atoms with E-state index in [1.165, 1.54) is 12.1 Å². The SMILES string of the molecule is CCOC(=O)C(CCOc1ccc(Cl)cc1)NC12CCC(NC(=O)COc3ccc(Cl)c(F)c3)(CC1)[C@H](O)C2. The fourth-order valence-electron chi connectivity index (χ4n) is 5.41. The molecule has 0 radical (unpaired) electrons. The van der Waals surface area contributed by atoms with Crippen molar-refractivity contribution in [2.45, 2.75) is 68.7 Å². The molecular formula is C28H33Cl2FN2O6. The topological polar surface area (TPSA) is 106 Å². The number of halogens is 3. The largest absolute Gasteiger partial charge is 0.494 e. The Morgan fingerprint density at radius 3 is 2.41 bits per heavy atom. The summed E-state index contributed by atoms with van der Waals surface area (Å²) in [6.45, 7) is 1.98. The Hall–Kier alpha value is -2.59. The van der Waals surface area contributed by atoms with Gasteiger partial charge in [-0.25, -0.2) is 4.39 Å². The summed E-state index contributed by atoms with van der Waals surface area (Å²) in [6, 6.07) is 10.3. The van der Waals surface area contributed by atoms with E-state index in [1.807, 2.05) is 0 Å². The fraction of sp³-hybridized carbons (Fsp3) is 0.500. The van der Waals surface area contributed by atoms with E-state index in [1.54, 1.807) is 31.2 Å². The molecule has 39 heavy (non-hydrogen) atoms. The smallest absolute Gasteiger partial charge is 0.323 e. The molecule has 3 N–H and O–H groups in total. The van der Waals surface area contributed by atoms with Gasteiger partial charge in [0.15, 0.2) is 6.61 Å². The van der Waals surface area contributed by atoms with Crippen LogP contribution in [0.4, 0.5) is 4.39 Å². The molecule has 212 valence electrons. The van der Waals surface area contributed by atoms with E-state index in [4.69, 9.17) is 37.4 Å². The second-order valence-corrected chi connectivity index (χ2v) is 11.0. The van der Waals surface area contributed by atoms with E-state index in [2.05, 4.69) is 10.6 Å². The maximum atomic E-state index is 13.6. The van der Waals surface area contributed by atoms with Crippen LogP contribution < -0.4 is 20.1 Å². The normalized spacial score (nSPS) is 24.6. The molecule has 2 aromatic rings. The van der Waals surface area contributed by atoms with Gasteiger partial charge in [-0.1, -0.05) is 23.2 Å². The van der Waals surface area contributed by atoms with E-state index in [0.717, 1.165) is 6.07 Å². The number of esters is 1. The van der Waals surface area contributed by atoms with E-state index >= 15 is 0 Å². The summed E-state index contributed by atoms with van der Waals surface area (Å²) in [5, 5.41) is 18.1. The third-order valence-electron chi connectivity index (χ3n) is 7.51. The Morgan fingerprint density at radius 2 is 1.77 bits per heavy atom. The molecule has 2 bridgehead atoms. The van der Waals surface area contributed by atoms with Crippen molar-refractivity contribution in [2.24, 2.45) is 0 Å². The third-order valence-corrected chi connectivity index (χ3v) is 8.07. The number of ether oxygens (including phenoxy) is 3. The monoisotopic (exact) mass is 582 g/mol. The van der Waals surface area contributed by atoms with Gasteiger partial charge < -0.3 is 24.6 Å². The van der Waals surface area contributed by atoms with Crippen molar-refractivity contribution in [1.29, 1.82) is 0 Å². The van der Waals surface area contributed by atoms with E-state index in [0.29, 0.717) is 49.3 Å². The van der Waals surface area contributed by atoms with Crippen molar-refractivity contribution in [3.8, 4) is 11.5 Å². The molecule has 3 saturated carbocycles. The lowest BCUT2D eigenvalue weighted by molar-refractivity contribution is -0.148. The molecule has 11 heteroatoms. The average molecular weight is 583 g/mol. The van der Waals surface area contributed by atoms with E-state index in [-0.39, 0.29) is 36.6 Å². The van der Waals surface area contributed by atoms with Crippen molar-refractivity contribution in [3.63, 3.8) is 0 Å². The Bertz CT molecular complexity index is 1160. The minimum Gasteiger partial charge on any atom is -0.494 e. The molecule has 1 unspecified atom stereocenters. The number of hydrogen-bond acceptors (Lipinski definition) is 7. The van der Waals surface area contributed by atoms with Crippen molar-refractivity contribution in [1.82, 2.24) is 10.6 Å². The number of hydrogen-bond donors (Lipinski definition) is 3. The zero-order chi connectivity index (χ0) is 28.0. The van der Waals surface area contributed by atoms with Crippen molar-refractivity contribution in [2.75, 3.05) is 19.8 Å². The van der Waals surface area contributed by atoms with Crippen LogP contribution in [0, 0.1) is 5.82 Å². The van der Waals surface area contributed by atoms with Crippen LogP contribution in [0.5, 0.6) is 11.5 Å². The lowest BCUT2D eigenvalue weighted by Gasteiger charge is -2.57. The lowest BCUT2D eigenvalue weighted by Crippen LogP contribution is -2.71. The predicted molar refractivity (Wildman–Crippen MR) is 145 cm³/mol. The molecule has 0 saturated heterocycles. The first-order valence-corrected chi connectivity index (χ1v) is 13.8. The molecule has 1 amide bonds. The molecule has 2 atom stereocenters. The summed E-state index contributed by atoms with van der Waals surface area (Å²) in [7, 11) is 0. The highest BCUT2D eigenvalue weighted by Crippen LogP contribution is 2.47. The Balaban J connectivity index is 1.32. The molecule has 5 rings (SSSR count). The number of carbonyl (C=O) groups excluding carboxylic acids is 2. The molecule has 3 aliphatic carbocycles. The Labute approximate surface area is 237 Å². The summed E-state index contributed by atoms with van der Waals surface area (Å²) >= 11 is 11.6. The minimum absolute atomic E-state index is 0.0328. The summed E-state index contributed by atoms with van der Waals surface area (Å²) in [5.74, 6) is -0.574. The number of carbonyl (C=O) groups is 2. The summed E-state index contributed by atoms with van der Waals surface area (Å²) in [6.07, 6.45) is 2.29. The van der Waals surface area contributed by atoms with Crippen LogP contribution in [0.3, 0.4) is 0 Å². The maximum Gasteiger partial charge on any atom is 0.323 e. The first kappa shape index (κ1) is 29.4. The number of amides is 1. The van der Waals surface area contributed by atoms with Gasteiger partial charge >= 0.3 is 5.97 Å². The Kier molecular flexibility index (Phi) is 9.59. The summed E-state index contributed by atoms with van der Waals surface area (Å²) in [4.78, 5) is 25.4. The van der Waals surface area contributed by atoms with Gasteiger partial charge in [0.05, 0.1) is 29.9 Å². The van der Waals surface area contributed by atoms with Crippen molar-refractivity contribution >= 4 is 35.1 Å².